The molecule has 0 spiro atoms. The highest BCUT2D eigenvalue weighted by molar-refractivity contribution is 6.14. The fraction of sp³-hybridized carbons (Fsp3) is 0.292. The summed E-state index contributed by atoms with van der Waals surface area (Å²) in [5.74, 6) is -0.720. The summed E-state index contributed by atoms with van der Waals surface area (Å²) in [5, 5.41) is 18.0. The maximum absolute atomic E-state index is 12.9. The van der Waals surface area contributed by atoms with E-state index in [1.165, 1.54) is 6.20 Å². The van der Waals surface area contributed by atoms with Crippen LogP contribution in [0.3, 0.4) is 0 Å². The van der Waals surface area contributed by atoms with Crippen LogP contribution in [0.15, 0.2) is 60.8 Å². The molecule has 1 saturated carbocycles. The molecule has 0 radical (unpaired) electrons. The van der Waals surface area contributed by atoms with Gasteiger partial charge in [0.15, 0.2) is 5.69 Å². The average molecular weight is 403 g/mol. The van der Waals surface area contributed by atoms with Crippen molar-refractivity contribution < 1.29 is 14.7 Å². The first kappa shape index (κ1) is 20.0. The number of nitrogens with zero attached hydrogens (tertiary/aromatic N) is 1. The lowest BCUT2D eigenvalue weighted by atomic mass is 9.85. The first-order valence-electron chi connectivity index (χ1n) is 10.3. The van der Waals surface area contributed by atoms with Crippen LogP contribution in [-0.4, -0.2) is 34.1 Å². The van der Waals surface area contributed by atoms with Crippen molar-refractivity contribution in [3.05, 3.63) is 72.1 Å². The third kappa shape index (κ3) is 4.33. The summed E-state index contributed by atoms with van der Waals surface area (Å²) in [5.41, 5.74) is 0.128. The zero-order valence-corrected chi connectivity index (χ0v) is 16.7. The number of aliphatic hydroxyl groups is 1. The third-order valence-corrected chi connectivity index (χ3v) is 5.67. The second-order valence-corrected chi connectivity index (χ2v) is 7.85. The molecule has 6 nitrogen and oxygen atoms in total. The Labute approximate surface area is 175 Å². The van der Waals surface area contributed by atoms with Gasteiger partial charge in [-0.1, -0.05) is 55.7 Å². The van der Waals surface area contributed by atoms with Crippen LogP contribution >= 0.6 is 0 Å². The normalized spacial score (nSPS) is 15.5. The fourth-order valence-corrected chi connectivity index (χ4v) is 4.02. The molecule has 154 valence electrons. The monoisotopic (exact) mass is 403 g/mol. The molecule has 4 rings (SSSR count). The largest absolute Gasteiger partial charge is 0.388 e. The lowest BCUT2D eigenvalue weighted by Crippen LogP contribution is -2.44. The highest BCUT2D eigenvalue weighted by atomic mass is 16.3. The zero-order chi connectivity index (χ0) is 21.0. The van der Waals surface area contributed by atoms with E-state index in [0.29, 0.717) is 24.1 Å². The molecular weight excluding hydrogens is 378 g/mol. The summed E-state index contributed by atoms with van der Waals surface area (Å²) < 4.78 is 0. The molecule has 3 aromatic rings. The van der Waals surface area contributed by atoms with Gasteiger partial charge in [0.25, 0.3) is 11.8 Å². The lowest BCUT2D eigenvalue weighted by molar-refractivity contribution is 0.00521. The van der Waals surface area contributed by atoms with Crippen molar-refractivity contribution in [2.45, 2.75) is 37.7 Å². The number of rotatable bonds is 5. The summed E-state index contributed by atoms with van der Waals surface area (Å²) in [6, 6.07) is 16.5. The van der Waals surface area contributed by atoms with Gasteiger partial charge in [0.1, 0.15) is 0 Å². The highest BCUT2D eigenvalue weighted by Gasteiger charge is 2.30. The van der Waals surface area contributed by atoms with E-state index in [-0.39, 0.29) is 18.1 Å². The van der Waals surface area contributed by atoms with Crippen molar-refractivity contribution in [1.82, 2.24) is 10.3 Å². The molecule has 30 heavy (non-hydrogen) atoms. The summed E-state index contributed by atoms with van der Waals surface area (Å²) in [4.78, 5) is 29.9. The van der Waals surface area contributed by atoms with E-state index < -0.39 is 11.5 Å². The Morgan fingerprint density at radius 3 is 2.53 bits per heavy atom. The smallest absolute Gasteiger partial charge is 0.272 e. The number of amides is 2. The molecule has 0 bridgehead atoms. The first-order chi connectivity index (χ1) is 14.6. The molecule has 1 aliphatic carbocycles. The molecule has 0 atom stereocenters. The first-order valence-corrected chi connectivity index (χ1v) is 10.3. The van der Waals surface area contributed by atoms with Gasteiger partial charge in [-0.25, -0.2) is 4.98 Å². The van der Waals surface area contributed by atoms with Gasteiger partial charge in [-0.05, 0) is 41.8 Å². The van der Waals surface area contributed by atoms with E-state index in [9.17, 15) is 14.7 Å². The Morgan fingerprint density at radius 1 is 0.933 bits per heavy atom. The van der Waals surface area contributed by atoms with E-state index in [4.69, 9.17) is 0 Å². The predicted molar refractivity (Wildman–Crippen MR) is 117 cm³/mol. The Balaban J connectivity index is 1.51. The SMILES string of the molecule is O=C(NCC1(O)CCCCC1)c1ncccc1NC(=O)c1cccc2ccccc12. The molecule has 2 aromatic carbocycles. The fourth-order valence-electron chi connectivity index (χ4n) is 4.02. The second kappa shape index (κ2) is 8.63. The standard InChI is InChI=1S/C24H25N3O3/c28-22(19-11-6-9-17-8-2-3-10-18(17)19)27-20-12-7-15-25-21(20)23(29)26-16-24(30)13-4-1-5-14-24/h2-3,6-12,15,30H,1,4-5,13-14,16H2,(H,26,29)(H,27,28). The van der Waals surface area contributed by atoms with Gasteiger partial charge in [-0.3, -0.25) is 9.59 Å². The van der Waals surface area contributed by atoms with Crippen LogP contribution in [0.25, 0.3) is 10.8 Å². The van der Waals surface area contributed by atoms with E-state index >= 15 is 0 Å². The van der Waals surface area contributed by atoms with Crippen LogP contribution in [0.2, 0.25) is 0 Å². The van der Waals surface area contributed by atoms with Gasteiger partial charge >= 0.3 is 0 Å². The van der Waals surface area contributed by atoms with Crippen LogP contribution in [0.5, 0.6) is 0 Å². The number of hydrogen-bond donors (Lipinski definition) is 3. The van der Waals surface area contributed by atoms with Crippen molar-refractivity contribution in [1.29, 1.82) is 0 Å². The van der Waals surface area contributed by atoms with Gasteiger partial charge in [0, 0.05) is 18.3 Å². The summed E-state index contributed by atoms with van der Waals surface area (Å²) in [6.07, 6.45) is 5.91. The number of hydrogen-bond acceptors (Lipinski definition) is 4. The summed E-state index contributed by atoms with van der Waals surface area (Å²) >= 11 is 0. The Kier molecular flexibility index (Phi) is 5.77. The predicted octanol–water partition coefficient (Wildman–Crippen LogP) is 3.91. The topological polar surface area (TPSA) is 91.3 Å². The van der Waals surface area contributed by atoms with E-state index in [2.05, 4.69) is 15.6 Å². The maximum atomic E-state index is 12.9. The van der Waals surface area contributed by atoms with Crippen molar-refractivity contribution in [2.75, 3.05) is 11.9 Å². The van der Waals surface area contributed by atoms with Gasteiger partial charge in [0.2, 0.25) is 0 Å². The number of pyridine rings is 1. The van der Waals surface area contributed by atoms with E-state index in [0.717, 1.165) is 30.0 Å². The molecule has 2 amide bonds. The maximum Gasteiger partial charge on any atom is 0.272 e. The minimum absolute atomic E-state index is 0.130. The second-order valence-electron chi connectivity index (χ2n) is 7.85. The van der Waals surface area contributed by atoms with Gasteiger partial charge in [-0.15, -0.1) is 0 Å². The number of benzene rings is 2. The van der Waals surface area contributed by atoms with Crippen LogP contribution in [0.4, 0.5) is 5.69 Å². The zero-order valence-electron chi connectivity index (χ0n) is 16.7. The quantitative estimate of drug-likeness (QED) is 0.602. The van der Waals surface area contributed by atoms with Crippen LogP contribution in [-0.2, 0) is 0 Å². The molecule has 0 saturated heterocycles. The molecule has 3 N–H and O–H groups in total. The number of carbonyl (C=O) groups is 2. The molecular formula is C24H25N3O3. The molecule has 1 fully saturated rings. The van der Waals surface area contributed by atoms with Gasteiger partial charge < -0.3 is 15.7 Å². The Morgan fingerprint density at radius 2 is 1.70 bits per heavy atom. The van der Waals surface area contributed by atoms with Crippen LogP contribution in [0.1, 0.15) is 53.0 Å². The molecule has 6 heteroatoms. The Bertz CT molecular complexity index is 1070. The van der Waals surface area contributed by atoms with E-state index in [1.807, 2.05) is 36.4 Å². The minimum atomic E-state index is -0.866. The van der Waals surface area contributed by atoms with Crippen molar-refractivity contribution in [3.63, 3.8) is 0 Å². The molecule has 1 aliphatic rings. The summed E-state index contributed by atoms with van der Waals surface area (Å²) in [6.45, 7) is 0.180. The number of aromatic nitrogens is 1. The van der Waals surface area contributed by atoms with Crippen molar-refractivity contribution in [2.24, 2.45) is 0 Å². The van der Waals surface area contributed by atoms with Gasteiger partial charge in [0.05, 0.1) is 11.3 Å². The Hall–Kier alpha value is -3.25. The number of nitrogens with one attached hydrogen (secondary N) is 2. The molecule has 1 aromatic heterocycles. The lowest BCUT2D eigenvalue weighted by Gasteiger charge is -2.32. The average Bonchev–Trinajstić information content (AvgIpc) is 2.78. The molecule has 0 unspecified atom stereocenters. The minimum Gasteiger partial charge on any atom is -0.388 e. The van der Waals surface area contributed by atoms with Crippen LogP contribution in [0, 0.1) is 0 Å². The number of carbonyl (C=O) groups excluding carboxylic acids is 2. The van der Waals surface area contributed by atoms with Crippen LogP contribution < -0.4 is 10.6 Å². The number of anilines is 1. The number of fused-ring (bicyclic) bond motifs is 1. The van der Waals surface area contributed by atoms with E-state index in [1.54, 1.807) is 18.2 Å². The van der Waals surface area contributed by atoms with Crippen molar-refractivity contribution in [3.8, 4) is 0 Å². The van der Waals surface area contributed by atoms with Gasteiger partial charge in [-0.2, -0.15) is 0 Å². The summed E-state index contributed by atoms with van der Waals surface area (Å²) in [7, 11) is 0. The van der Waals surface area contributed by atoms with Crippen molar-refractivity contribution >= 4 is 28.3 Å². The molecule has 1 heterocycles. The highest BCUT2D eigenvalue weighted by Crippen LogP contribution is 2.27. The third-order valence-electron chi connectivity index (χ3n) is 5.67. The molecule has 0 aliphatic heterocycles.